The molecular formula is C34H35BrN2O3. The zero-order valence-electron chi connectivity index (χ0n) is 22.8. The highest BCUT2D eigenvalue weighted by Gasteiger charge is 2.32. The number of carbonyl (C=O) groups is 2. The molecule has 40 heavy (non-hydrogen) atoms. The van der Waals surface area contributed by atoms with Gasteiger partial charge in [0.15, 0.2) is 6.61 Å². The maximum absolute atomic E-state index is 13.9. The average Bonchev–Trinajstić information content (AvgIpc) is 3.49. The zero-order chi connectivity index (χ0) is 27.9. The molecule has 0 saturated heterocycles. The Morgan fingerprint density at radius 1 is 0.900 bits per heavy atom. The van der Waals surface area contributed by atoms with Crippen molar-refractivity contribution in [2.45, 2.75) is 57.7 Å². The number of rotatable bonds is 10. The van der Waals surface area contributed by atoms with E-state index in [-0.39, 0.29) is 24.5 Å². The van der Waals surface area contributed by atoms with Gasteiger partial charge in [0.05, 0.1) is 4.47 Å². The van der Waals surface area contributed by atoms with Crippen molar-refractivity contribution in [3.63, 3.8) is 0 Å². The molecule has 5 nitrogen and oxygen atoms in total. The number of carbonyl (C=O) groups excluding carboxylic acids is 2. The van der Waals surface area contributed by atoms with Crippen LogP contribution in [0.15, 0.2) is 95.5 Å². The molecule has 206 valence electrons. The Balaban J connectivity index is 1.43. The lowest BCUT2D eigenvalue weighted by atomic mass is 10.0. The van der Waals surface area contributed by atoms with Gasteiger partial charge in [0.25, 0.3) is 5.91 Å². The fourth-order valence-corrected chi connectivity index (χ4v) is 5.97. The molecule has 1 atom stereocenters. The lowest BCUT2D eigenvalue weighted by Gasteiger charge is -2.32. The van der Waals surface area contributed by atoms with Crippen LogP contribution < -0.4 is 10.1 Å². The molecule has 4 aromatic rings. The minimum atomic E-state index is -0.666. The molecule has 0 unspecified atom stereocenters. The Kier molecular flexibility index (Phi) is 9.17. The third-order valence-corrected chi connectivity index (χ3v) is 8.44. The Morgan fingerprint density at radius 3 is 2.35 bits per heavy atom. The van der Waals surface area contributed by atoms with Crippen LogP contribution in [-0.4, -0.2) is 35.4 Å². The molecular weight excluding hydrogens is 564 g/mol. The summed E-state index contributed by atoms with van der Waals surface area (Å²) in [5.41, 5.74) is 3.12. The summed E-state index contributed by atoms with van der Waals surface area (Å²) in [6.07, 6.45) is 4.63. The second-order valence-corrected chi connectivity index (χ2v) is 11.4. The minimum Gasteiger partial charge on any atom is -0.483 e. The normalized spacial score (nSPS) is 14.2. The molecule has 0 radical (unpaired) electrons. The molecule has 0 bridgehead atoms. The molecule has 0 spiro atoms. The van der Waals surface area contributed by atoms with Crippen LogP contribution >= 0.6 is 15.9 Å². The Morgan fingerprint density at radius 2 is 1.60 bits per heavy atom. The van der Waals surface area contributed by atoms with E-state index >= 15 is 0 Å². The first-order valence-electron chi connectivity index (χ1n) is 14.0. The summed E-state index contributed by atoms with van der Waals surface area (Å²) in [5.74, 6) is 0.253. The largest absolute Gasteiger partial charge is 0.483 e. The van der Waals surface area contributed by atoms with E-state index in [1.165, 1.54) is 0 Å². The molecule has 1 fully saturated rings. The third kappa shape index (κ3) is 6.92. The summed E-state index contributed by atoms with van der Waals surface area (Å²) in [5, 5.41) is 5.35. The van der Waals surface area contributed by atoms with Crippen LogP contribution in [-0.2, 0) is 22.6 Å². The Labute approximate surface area is 244 Å². The van der Waals surface area contributed by atoms with Crippen molar-refractivity contribution < 1.29 is 14.3 Å². The lowest BCUT2D eigenvalue weighted by molar-refractivity contribution is -0.143. The highest BCUT2D eigenvalue weighted by molar-refractivity contribution is 9.10. The summed E-state index contributed by atoms with van der Waals surface area (Å²) in [6.45, 7) is 2.18. The second kappa shape index (κ2) is 13.1. The first-order chi connectivity index (χ1) is 19.5. The summed E-state index contributed by atoms with van der Waals surface area (Å²) >= 11 is 3.66. The SMILES string of the molecule is Cc1ccc(CN(C(=O)COc2ccc3ccccc3c2Br)[C@H](Cc2ccccc2)C(=O)NC2CCCC2)cc1. The summed E-state index contributed by atoms with van der Waals surface area (Å²) < 4.78 is 6.90. The van der Waals surface area contributed by atoms with Gasteiger partial charge in [0.2, 0.25) is 5.91 Å². The molecule has 0 aromatic heterocycles. The van der Waals surface area contributed by atoms with E-state index in [0.29, 0.717) is 18.7 Å². The van der Waals surface area contributed by atoms with E-state index in [1.54, 1.807) is 4.90 Å². The molecule has 6 heteroatoms. The van der Waals surface area contributed by atoms with E-state index in [1.807, 2.05) is 97.9 Å². The van der Waals surface area contributed by atoms with Crippen LogP contribution in [0.4, 0.5) is 0 Å². The standard InChI is InChI=1S/C34H35BrN2O3/c1-24-15-17-26(18-16-24)22-37(32(38)23-40-31-20-19-27-11-5-8-14-29(27)33(31)35)30(21-25-9-3-2-4-10-25)34(39)36-28-12-6-7-13-28/h2-5,8-11,14-20,28,30H,6-7,12-13,21-23H2,1H3,(H,36,39)/t30-/m1/s1. The number of halogens is 1. The third-order valence-electron chi connectivity index (χ3n) is 7.63. The van der Waals surface area contributed by atoms with Gasteiger partial charge in [-0.1, -0.05) is 103 Å². The van der Waals surface area contributed by atoms with Crippen molar-refractivity contribution in [3.8, 4) is 5.75 Å². The molecule has 1 aliphatic carbocycles. The second-order valence-electron chi connectivity index (χ2n) is 10.6. The van der Waals surface area contributed by atoms with Gasteiger partial charge in [-0.05, 0) is 63.7 Å². The highest BCUT2D eigenvalue weighted by atomic mass is 79.9. The molecule has 0 aliphatic heterocycles. The van der Waals surface area contributed by atoms with Crippen molar-refractivity contribution in [2.24, 2.45) is 0 Å². The van der Waals surface area contributed by atoms with Crippen LogP contribution in [0.25, 0.3) is 10.8 Å². The number of nitrogens with zero attached hydrogens (tertiary/aromatic N) is 1. The fraction of sp³-hybridized carbons (Fsp3) is 0.294. The van der Waals surface area contributed by atoms with Gasteiger partial charge in [-0.15, -0.1) is 0 Å². The number of aryl methyl sites for hydroxylation is 1. The maximum Gasteiger partial charge on any atom is 0.261 e. The molecule has 2 amide bonds. The number of benzene rings is 4. The van der Waals surface area contributed by atoms with E-state index in [0.717, 1.165) is 57.6 Å². The average molecular weight is 600 g/mol. The number of ether oxygens (including phenoxy) is 1. The van der Waals surface area contributed by atoms with Gasteiger partial charge in [-0.25, -0.2) is 0 Å². The van der Waals surface area contributed by atoms with E-state index in [2.05, 4.69) is 21.2 Å². The van der Waals surface area contributed by atoms with Crippen molar-refractivity contribution >= 4 is 38.5 Å². The number of hydrogen-bond acceptors (Lipinski definition) is 3. The summed E-state index contributed by atoms with van der Waals surface area (Å²) in [7, 11) is 0. The summed E-state index contributed by atoms with van der Waals surface area (Å²) in [6, 6.07) is 29.4. The van der Waals surface area contributed by atoms with Crippen LogP contribution in [0, 0.1) is 6.92 Å². The quantitative estimate of drug-likeness (QED) is 0.214. The van der Waals surface area contributed by atoms with Crippen molar-refractivity contribution in [2.75, 3.05) is 6.61 Å². The lowest BCUT2D eigenvalue weighted by Crippen LogP contribution is -2.53. The van der Waals surface area contributed by atoms with Gasteiger partial charge in [0, 0.05) is 19.0 Å². The zero-order valence-corrected chi connectivity index (χ0v) is 24.4. The van der Waals surface area contributed by atoms with Crippen LogP contribution in [0.3, 0.4) is 0 Å². The summed E-state index contributed by atoms with van der Waals surface area (Å²) in [4.78, 5) is 29.4. The highest BCUT2D eigenvalue weighted by Crippen LogP contribution is 2.33. The van der Waals surface area contributed by atoms with Crippen molar-refractivity contribution in [1.29, 1.82) is 0 Å². The van der Waals surface area contributed by atoms with Gasteiger partial charge < -0.3 is 15.0 Å². The van der Waals surface area contributed by atoms with E-state index in [9.17, 15) is 9.59 Å². The van der Waals surface area contributed by atoms with Crippen LogP contribution in [0.5, 0.6) is 5.75 Å². The first kappa shape index (κ1) is 27.9. The first-order valence-corrected chi connectivity index (χ1v) is 14.8. The number of hydrogen-bond donors (Lipinski definition) is 1. The predicted molar refractivity (Wildman–Crippen MR) is 163 cm³/mol. The molecule has 4 aromatic carbocycles. The predicted octanol–water partition coefficient (Wildman–Crippen LogP) is 6.99. The Bertz CT molecular complexity index is 1450. The topological polar surface area (TPSA) is 58.6 Å². The monoisotopic (exact) mass is 598 g/mol. The van der Waals surface area contributed by atoms with Gasteiger partial charge in [-0.3, -0.25) is 9.59 Å². The maximum atomic E-state index is 13.9. The van der Waals surface area contributed by atoms with Gasteiger partial charge in [0.1, 0.15) is 11.8 Å². The van der Waals surface area contributed by atoms with Gasteiger partial charge >= 0.3 is 0 Å². The van der Waals surface area contributed by atoms with Gasteiger partial charge in [-0.2, -0.15) is 0 Å². The smallest absolute Gasteiger partial charge is 0.261 e. The van der Waals surface area contributed by atoms with E-state index < -0.39 is 6.04 Å². The molecule has 1 N–H and O–H groups in total. The number of fused-ring (bicyclic) bond motifs is 1. The number of nitrogens with one attached hydrogen (secondary N) is 1. The molecule has 0 heterocycles. The van der Waals surface area contributed by atoms with Crippen molar-refractivity contribution in [3.05, 3.63) is 112 Å². The van der Waals surface area contributed by atoms with Crippen LogP contribution in [0.1, 0.15) is 42.4 Å². The molecule has 1 aliphatic rings. The van der Waals surface area contributed by atoms with E-state index in [4.69, 9.17) is 4.74 Å². The number of amides is 2. The fourth-order valence-electron chi connectivity index (χ4n) is 5.36. The minimum absolute atomic E-state index is 0.108. The van der Waals surface area contributed by atoms with Crippen molar-refractivity contribution in [1.82, 2.24) is 10.2 Å². The molecule has 5 rings (SSSR count). The molecule has 1 saturated carbocycles. The Hall–Kier alpha value is -3.64. The van der Waals surface area contributed by atoms with Crippen LogP contribution in [0.2, 0.25) is 0 Å².